The van der Waals surface area contributed by atoms with Crippen molar-refractivity contribution in [3.8, 4) is 17.2 Å². The summed E-state index contributed by atoms with van der Waals surface area (Å²) in [4.78, 5) is 24.3. The van der Waals surface area contributed by atoms with Gasteiger partial charge in [-0.3, -0.25) is 0 Å². The van der Waals surface area contributed by atoms with Crippen LogP contribution in [0.15, 0.2) is 45.6 Å². The predicted molar refractivity (Wildman–Crippen MR) is 133 cm³/mol. The second kappa shape index (κ2) is 10.3. The van der Waals surface area contributed by atoms with Crippen LogP contribution >= 0.6 is 12.2 Å². The predicted octanol–water partition coefficient (Wildman–Crippen LogP) is 5.44. The Balaban J connectivity index is 1.69. The molecule has 0 aliphatic carbocycles. The first kappa shape index (κ1) is 25.3. The highest BCUT2D eigenvalue weighted by molar-refractivity contribution is 7.71. The highest BCUT2D eigenvalue weighted by Gasteiger charge is 2.16. The van der Waals surface area contributed by atoms with Crippen molar-refractivity contribution in [1.82, 2.24) is 9.88 Å². The van der Waals surface area contributed by atoms with Gasteiger partial charge in [0.05, 0.1) is 17.7 Å². The molecule has 0 radical (unpaired) electrons. The van der Waals surface area contributed by atoms with Crippen LogP contribution in [0.4, 0.5) is 4.79 Å². The first-order valence-corrected chi connectivity index (χ1v) is 11.5. The number of hydrogen-bond acceptors (Lipinski definition) is 7. The molecule has 1 aromatic heterocycles. The molecule has 182 valence electrons. The van der Waals surface area contributed by atoms with Crippen LogP contribution < -0.4 is 15.8 Å². The minimum atomic E-state index is -0.643. The maximum absolute atomic E-state index is 12.6. The highest BCUT2D eigenvalue weighted by Crippen LogP contribution is 2.31. The summed E-state index contributed by atoms with van der Waals surface area (Å²) < 4.78 is 17.9. The quantitative estimate of drug-likeness (QED) is 0.339. The molecule has 1 heterocycles. The minimum absolute atomic E-state index is 0.0700. The second-order valence-electron chi connectivity index (χ2n) is 9.20. The fourth-order valence-corrected chi connectivity index (χ4v) is 3.66. The van der Waals surface area contributed by atoms with Gasteiger partial charge in [0.2, 0.25) is 0 Å². The molecule has 0 saturated heterocycles. The van der Waals surface area contributed by atoms with Crippen molar-refractivity contribution < 1.29 is 23.8 Å². The average molecular weight is 487 g/mol. The van der Waals surface area contributed by atoms with Gasteiger partial charge in [0.1, 0.15) is 27.3 Å². The second-order valence-corrected chi connectivity index (χ2v) is 9.58. The number of nitrogens with zero attached hydrogens (tertiary/aromatic N) is 1. The molecule has 0 spiro atoms. The Morgan fingerprint density at radius 3 is 2.50 bits per heavy atom. The van der Waals surface area contributed by atoms with Gasteiger partial charge < -0.3 is 24.3 Å². The number of benzene rings is 2. The number of phenols is 1. The number of amides is 1. The molecule has 0 saturated carbocycles. The molecule has 3 rings (SSSR count). The summed E-state index contributed by atoms with van der Waals surface area (Å²) in [5.41, 5.74) is 0.974. The molecule has 0 aliphatic heterocycles. The SMILES string of the molecule is CC(C)c1cc2c(=S)n(-c3ccc(OCCCNC(=O)OC(C)(C)C)cc3)c(=O)oc2cc1O. The van der Waals surface area contributed by atoms with E-state index in [9.17, 15) is 14.7 Å². The Bertz CT molecular complexity index is 1290. The van der Waals surface area contributed by atoms with Crippen LogP contribution in [0.2, 0.25) is 0 Å². The normalized spacial score (nSPS) is 11.6. The topological polar surface area (TPSA) is 103 Å². The summed E-state index contributed by atoms with van der Waals surface area (Å²) in [5.74, 6) is 0.122. The van der Waals surface area contributed by atoms with E-state index in [0.29, 0.717) is 41.0 Å². The molecule has 0 aliphatic rings. The lowest BCUT2D eigenvalue weighted by Crippen LogP contribution is -2.33. The van der Waals surface area contributed by atoms with Crippen LogP contribution in [0.25, 0.3) is 16.7 Å². The number of rotatable bonds is 7. The zero-order valence-electron chi connectivity index (χ0n) is 20.0. The number of fused-ring (bicyclic) bond motifs is 1. The smallest absolute Gasteiger partial charge is 0.425 e. The molecule has 2 N–H and O–H groups in total. The van der Waals surface area contributed by atoms with E-state index in [1.54, 1.807) is 30.3 Å². The number of ether oxygens (including phenoxy) is 2. The van der Waals surface area contributed by atoms with E-state index >= 15 is 0 Å². The Morgan fingerprint density at radius 2 is 1.88 bits per heavy atom. The van der Waals surface area contributed by atoms with Gasteiger partial charge >= 0.3 is 11.8 Å². The van der Waals surface area contributed by atoms with Crippen molar-refractivity contribution in [2.24, 2.45) is 0 Å². The maximum Gasteiger partial charge on any atom is 0.425 e. The van der Waals surface area contributed by atoms with E-state index in [0.717, 1.165) is 5.56 Å². The Hall–Kier alpha value is -3.33. The number of aromatic nitrogens is 1. The van der Waals surface area contributed by atoms with Gasteiger partial charge in [-0.25, -0.2) is 14.2 Å². The molecular weight excluding hydrogens is 456 g/mol. The Morgan fingerprint density at radius 1 is 1.21 bits per heavy atom. The molecule has 0 unspecified atom stereocenters. The van der Waals surface area contributed by atoms with Crippen LogP contribution in [0.1, 0.15) is 52.5 Å². The standard InChI is InChI=1S/C25H30N2O6S/c1-15(2)18-13-19-21(14-20(18)28)32-24(30)27(22(19)34)16-7-9-17(10-8-16)31-12-6-11-26-23(29)33-25(3,4)5/h7-10,13-15,28H,6,11-12H2,1-5H3,(H,26,29). The fraction of sp³-hybridized carbons (Fsp3) is 0.400. The van der Waals surface area contributed by atoms with Crippen molar-refractivity contribution in [3.05, 3.63) is 57.2 Å². The van der Waals surface area contributed by atoms with Crippen molar-refractivity contribution >= 4 is 29.3 Å². The number of hydrogen-bond donors (Lipinski definition) is 2. The largest absolute Gasteiger partial charge is 0.508 e. The van der Waals surface area contributed by atoms with Crippen molar-refractivity contribution in [2.45, 2.75) is 52.6 Å². The van der Waals surface area contributed by atoms with Gasteiger partial charge in [0.25, 0.3) is 0 Å². The molecule has 1 amide bonds. The number of phenolic OH excluding ortho intramolecular Hbond substituents is 1. The van der Waals surface area contributed by atoms with Crippen LogP contribution in [0.3, 0.4) is 0 Å². The first-order chi connectivity index (χ1) is 16.0. The molecular formula is C25H30N2O6S. The third kappa shape index (κ3) is 6.17. The molecule has 0 bridgehead atoms. The van der Waals surface area contributed by atoms with E-state index in [4.69, 9.17) is 26.1 Å². The summed E-state index contributed by atoms with van der Waals surface area (Å²) in [5, 5.41) is 13.5. The molecule has 3 aromatic rings. The first-order valence-electron chi connectivity index (χ1n) is 11.1. The lowest BCUT2D eigenvalue weighted by molar-refractivity contribution is 0.0525. The number of alkyl carbamates (subject to hydrolysis) is 1. The van der Waals surface area contributed by atoms with E-state index in [1.165, 1.54) is 10.6 Å². The highest BCUT2D eigenvalue weighted by atomic mass is 32.1. The fourth-order valence-electron chi connectivity index (χ4n) is 3.32. The third-order valence-corrected chi connectivity index (χ3v) is 5.32. The van der Waals surface area contributed by atoms with Gasteiger partial charge in [0.15, 0.2) is 0 Å². The molecule has 8 nitrogen and oxygen atoms in total. The van der Waals surface area contributed by atoms with Crippen molar-refractivity contribution in [2.75, 3.05) is 13.2 Å². The maximum atomic E-state index is 12.6. The van der Waals surface area contributed by atoms with Crippen LogP contribution in [0.5, 0.6) is 11.5 Å². The van der Waals surface area contributed by atoms with E-state index in [-0.39, 0.29) is 17.3 Å². The number of aromatic hydroxyl groups is 1. The summed E-state index contributed by atoms with van der Waals surface area (Å²) in [6.07, 6.45) is 0.143. The third-order valence-electron chi connectivity index (χ3n) is 4.92. The minimum Gasteiger partial charge on any atom is -0.508 e. The van der Waals surface area contributed by atoms with Gasteiger partial charge in [-0.1, -0.05) is 26.1 Å². The van der Waals surface area contributed by atoms with Crippen molar-refractivity contribution in [3.63, 3.8) is 0 Å². The number of nitrogens with one attached hydrogen (secondary N) is 1. The Kier molecular flexibility index (Phi) is 7.66. The van der Waals surface area contributed by atoms with Gasteiger partial charge in [-0.15, -0.1) is 0 Å². The Labute approximate surface area is 203 Å². The van der Waals surface area contributed by atoms with E-state index in [1.807, 2.05) is 34.6 Å². The molecule has 9 heteroatoms. The summed E-state index contributed by atoms with van der Waals surface area (Å²) in [6, 6.07) is 10.1. The van der Waals surface area contributed by atoms with Crippen LogP contribution in [0, 0.1) is 4.64 Å². The molecule has 34 heavy (non-hydrogen) atoms. The molecule has 0 atom stereocenters. The van der Waals surface area contributed by atoms with Crippen LogP contribution in [-0.2, 0) is 4.74 Å². The van der Waals surface area contributed by atoms with E-state index in [2.05, 4.69) is 5.32 Å². The van der Waals surface area contributed by atoms with Gasteiger partial charge in [-0.2, -0.15) is 0 Å². The zero-order valence-corrected chi connectivity index (χ0v) is 20.8. The zero-order chi connectivity index (χ0) is 25.0. The summed E-state index contributed by atoms with van der Waals surface area (Å²) in [7, 11) is 0. The molecule has 0 fully saturated rings. The lowest BCUT2D eigenvalue weighted by atomic mass is 10.0. The molecule has 2 aromatic carbocycles. The summed E-state index contributed by atoms with van der Waals surface area (Å²) in [6.45, 7) is 10.2. The van der Waals surface area contributed by atoms with Crippen LogP contribution in [-0.4, -0.2) is 34.5 Å². The van der Waals surface area contributed by atoms with Gasteiger partial charge in [-0.05, 0) is 69.0 Å². The summed E-state index contributed by atoms with van der Waals surface area (Å²) >= 11 is 5.58. The van der Waals surface area contributed by atoms with Crippen molar-refractivity contribution in [1.29, 1.82) is 0 Å². The average Bonchev–Trinajstić information content (AvgIpc) is 2.72. The lowest BCUT2D eigenvalue weighted by Gasteiger charge is -2.19. The number of carbonyl (C=O) groups excluding carboxylic acids is 1. The number of carbonyl (C=O) groups is 1. The monoisotopic (exact) mass is 486 g/mol. The van der Waals surface area contributed by atoms with E-state index < -0.39 is 17.5 Å². The van der Waals surface area contributed by atoms with Gasteiger partial charge in [0, 0.05) is 12.6 Å².